The Bertz CT molecular complexity index is 800. The maximum Gasteiger partial charge on any atom is 0.494 e. The molecule has 3 aliphatic heterocycles. The van der Waals surface area contributed by atoms with Crippen molar-refractivity contribution in [2.45, 2.75) is 84.2 Å². The number of hydrogen-bond donors (Lipinski definition) is 0. The summed E-state index contributed by atoms with van der Waals surface area (Å²) in [5, 5.41) is 0. The predicted molar refractivity (Wildman–Crippen MR) is 123 cm³/mol. The minimum absolute atomic E-state index is 0.233. The fourth-order valence-corrected chi connectivity index (χ4v) is 3.95. The largest absolute Gasteiger partial charge is 0.494 e. The molecule has 0 radical (unpaired) electrons. The van der Waals surface area contributed by atoms with Gasteiger partial charge in [0, 0.05) is 18.8 Å². The molecule has 3 aliphatic rings. The highest BCUT2D eigenvalue weighted by Crippen LogP contribution is 2.40. The molecule has 4 rings (SSSR count). The molecule has 7 heteroatoms. The van der Waals surface area contributed by atoms with Gasteiger partial charge >= 0.3 is 14.2 Å². The van der Waals surface area contributed by atoms with Gasteiger partial charge in [-0.25, -0.2) is 0 Å². The van der Waals surface area contributed by atoms with E-state index >= 15 is 0 Å². The topological polar surface area (TPSA) is 40.2 Å². The van der Waals surface area contributed by atoms with Crippen LogP contribution >= 0.6 is 0 Å². The van der Waals surface area contributed by atoms with E-state index in [2.05, 4.69) is 90.6 Å². The highest BCUT2D eigenvalue weighted by atomic mass is 16.7. The molecule has 30 heavy (non-hydrogen) atoms. The van der Waals surface area contributed by atoms with E-state index in [9.17, 15) is 0 Å². The maximum atomic E-state index is 6.21. The zero-order valence-corrected chi connectivity index (χ0v) is 19.7. The standard InChI is InChI=1S/C23H35B2NO4/c1-20(2)21(3,4)28-24(27-20)17-9-11-19(12-10-17)26-15-13-18(14-16-26)25-29-22(5,6)23(7,8)30-25/h9-13H,14-16H2,1-8H3. The van der Waals surface area contributed by atoms with E-state index in [1.165, 1.54) is 11.2 Å². The summed E-state index contributed by atoms with van der Waals surface area (Å²) < 4.78 is 24.8. The summed E-state index contributed by atoms with van der Waals surface area (Å²) in [7, 11) is -0.553. The monoisotopic (exact) mass is 411 g/mol. The van der Waals surface area contributed by atoms with Crippen LogP contribution in [0.3, 0.4) is 0 Å². The van der Waals surface area contributed by atoms with Crippen molar-refractivity contribution in [1.82, 2.24) is 0 Å². The summed E-state index contributed by atoms with van der Waals surface area (Å²) >= 11 is 0. The van der Waals surface area contributed by atoms with Crippen LogP contribution in [-0.4, -0.2) is 49.7 Å². The molecule has 1 aromatic carbocycles. The number of benzene rings is 1. The Morgan fingerprint density at radius 3 is 1.60 bits per heavy atom. The van der Waals surface area contributed by atoms with E-state index in [1.54, 1.807) is 0 Å². The molecule has 3 heterocycles. The van der Waals surface area contributed by atoms with E-state index in [4.69, 9.17) is 18.6 Å². The molecule has 0 bridgehead atoms. The number of rotatable bonds is 3. The Kier molecular flexibility index (Phi) is 5.21. The first kappa shape index (κ1) is 21.9. The Hall–Kier alpha value is -1.27. The fraction of sp³-hybridized carbons (Fsp3) is 0.652. The van der Waals surface area contributed by atoms with Crippen LogP contribution in [0.5, 0.6) is 0 Å². The third kappa shape index (κ3) is 3.75. The van der Waals surface area contributed by atoms with Crippen molar-refractivity contribution in [3.63, 3.8) is 0 Å². The van der Waals surface area contributed by atoms with Crippen molar-refractivity contribution >= 4 is 25.4 Å². The number of nitrogens with zero attached hydrogens (tertiary/aromatic N) is 1. The van der Waals surface area contributed by atoms with Gasteiger partial charge in [0.2, 0.25) is 0 Å². The van der Waals surface area contributed by atoms with E-state index < -0.39 is 0 Å². The lowest BCUT2D eigenvalue weighted by Crippen LogP contribution is -2.41. The van der Waals surface area contributed by atoms with E-state index in [1.807, 2.05) is 0 Å². The van der Waals surface area contributed by atoms with Gasteiger partial charge in [-0.15, -0.1) is 0 Å². The second-order valence-electron chi connectivity index (χ2n) is 10.7. The van der Waals surface area contributed by atoms with E-state index in [-0.39, 0.29) is 36.6 Å². The maximum absolute atomic E-state index is 6.21. The number of hydrogen-bond acceptors (Lipinski definition) is 5. The zero-order chi connectivity index (χ0) is 21.9. The van der Waals surface area contributed by atoms with Gasteiger partial charge in [0.05, 0.1) is 22.4 Å². The third-order valence-electron chi connectivity index (χ3n) is 7.58. The lowest BCUT2D eigenvalue weighted by atomic mass is 9.74. The molecule has 0 spiro atoms. The molecule has 0 unspecified atom stereocenters. The van der Waals surface area contributed by atoms with Crippen molar-refractivity contribution in [3.8, 4) is 0 Å². The molecular formula is C23H35B2NO4. The smallest absolute Gasteiger partial charge is 0.400 e. The Morgan fingerprint density at radius 1 is 0.700 bits per heavy atom. The fourth-order valence-electron chi connectivity index (χ4n) is 3.95. The van der Waals surface area contributed by atoms with Crippen LogP contribution in [0.25, 0.3) is 0 Å². The predicted octanol–water partition coefficient (Wildman–Crippen LogP) is 3.75. The second-order valence-corrected chi connectivity index (χ2v) is 10.7. The molecule has 2 saturated heterocycles. The van der Waals surface area contributed by atoms with Gasteiger partial charge in [-0.1, -0.05) is 18.2 Å². The quantitative estimate of drug-likeness (QED) is 0.709. The molecule has 5 nitrogen and oxygen atoms in total. The van der Waals surface area contributed by atoms with Gasteiger partial charge in [0.15, 0.2) is 0 Å². The van der Waals surface area contributed by atoms with Crippen LogP contribution in [0.15, 0.2) is 35.8 Å². The van der Waals surface area contributed by atoms with Crippen molar-refractivity contribution in [1.29, 1.82) is 0 Å². The summed E-state index contributed by atoms with van der Waals surface area (Å²) in [6.45, 7) is 18.5. The van der Waals surface area contributed by atoms with Gasteiger partial charge in [-0.3, -0.25) is 0 Å². The van der Waals surface area contributed by atoms with Crippen LogP contribution in [-0.2, 0) is 18.6 Å². The minimum Gasteiger partial charge on any atom is -0.400 e. The van der Waals surface area contributed by atoms with Crippen molar-refractivity contribution < 1.29 is 18.6 Å². The van der Waals surface area contributed by atoms with Crippen LogP contribution < -0.4 is 10.4 Å². The third-order valence-corrected chi connectivity index (χ3v) is 7.58. The first-order chi connectivity index (χ1) is 13.8. The molecule has 2 fully saturated rings. The summed E-state index contributed by atoms with van der Waals surface area (Å²) in [4.78, 5) is 2.38. The molecule has 0 aliphatic carbocycles. The highest BCUT2D eigenvalue weighted by molar-refractivity contribution is 6.62. The summed E-state index contributed by atoms with van der Waals surface area (Å²) in [6, 6.07) is 8.55. The Labute approximate surface area is 182 Å². The van der Waals surface area contributed by atoms with Gasteiger partial charge in [-0.05, 0) is 84.9 Å². The zero-order valence-electron chi connectivity index (χ0n) is 19.7. The molecule has 0 N–H and O–H groups in total. The average Bonchev–Trinajstić information content (AvgIpc) is 3.02. The van der Waals surface area contributed by atoms with Gasteiger partial charge in [0.25, 0.3) is 0 Å². The summed E-state index contributed by atoms with van der Waals surface area (Å²) in [5.41, 5.74) is 2.29. The first-order valence-corrected chi connectivity index (χ1v) is 11.1. The molecule has 0 atom stereocenters. The first-order valence-electron chi connectivity index (χ1n) is 11.1. The molecule has 0 amide bonds. The van der Waals surface area contributed by atoms with Crippen LogP contribution in [0.2, 0.25) is 0 Å². The van der Waals surface area contributed by atoms with Crippen molar-refractivity contribution in [2.24, 2.45) is 0 Å². The lowest BCUT2D eigenvalue weighted by Gasteiger charge is -2.32. The van der Waals surface area contributed by atoms with Crippen LogP contribution in [0.4, 0.5) is 5.69 Å². The Morgan fingerprint density at radius 2 is 1.17 bits per heavy atom. The van der Waals surface area contributed by atoms with Gasteiger partial charge in [-0.2, -0.15) is 0 Å². The lowest BCUT2D eigenvalue weighted by molar-refractivity contribution is 0.00578. The number of anilines is 1. The molecule has 0 saturated carbocycles. The SMILES string of the molecule is CC1(C)OB(C2=CCN(c3ccc(B4OC(C)(C)C(C)(C)O4)cc3)CC2)OC1(C)C. The van der Waals surface area contributed by atoms with Crippen molar-refractivity contribution in [3.05, 3.63) is 35.8 Å². The highest BCUT2D eigenvalue weighted by Gasteiger charge is 2.53. The molecular weight excluding hydrogens is 376 g/mol. The average molecular weight is 411 g/mol. The van der Waals surface area contributed by atoms with Crippen LogP contribution in [0, 0.1) is 0 Å². The Balaban J connectivity index is 1.40. The summed E-state index contributed by atoms with van der Waals surface area (Å²) in [5.74, 6) is 0. The van der Waals surface area contributed by atoms with E-state index in [0.717, 1.165) is 25.0 Å². The minimum atomic E-state index is -0.322. The van der Waals surface area contributed by atoms with Gasteiger partial charge < -0.3 is 23.5 Å². The van der Waals surface area contributed by atoms with Crippen molar-refractivity contribution in [2.75, 3.05) is 18.0 Å². The molecule has 162 valence electrons. The van der Waals surface area contributed by atoms with Crippen LogP contribution in [0.1, 0.15) is 61.8 Å². The summed E-state index contributed by atoms with van der Waals surface area (Å²) in [6.07, 6.45) is 3.20. The second kappa shape index (κ2) is 7.13. The van der Waals surface area contributed by atoms with Gasteiger partial charge in [0.1, 0.15) is 0 Å². The molecule has 0 aromatic heterocycles. The van der Waals surface area contributed by atoms with E-state index in [0.29, 0.717) is 0 Å². The normalized spacial score (nSPS) is 26.8. The molecule has 1 aromatic rings.